The van der Waals surface area contributed by atoms with Gasteiger partial charge in [0, 0.05) is 11.8 Å². The van der Waals surface area contributed by atoms with Gasteiger partial charge in [-0.2, -0.15) is 0 Å². The molecule has 4 nitrogen and oxygen atoms in total. The molecule has 1 aliphatic rings. The highest BCUT2D eigenvalue weighted by atomic mass is 79.9. The summed E-state index contributed by atoms with van der Waals surface area (Å²) in [6.07, 6.45) is 0. The van der Waals surface area contributed by atoms with Gasteiger partial charge in [-0.05, 0) is 28.1 Å². The van der Waals surface area contributed by atoms with Crippen LogP contribution >= 0.6 is 15.9 Å². The fourth-order valence-electron chi connectivity index (χ4n) is 1.54. The van der Waals surface area contributed by atoms with Gasteiger partial charge < -0.3 is 4.90 Å². The van der Waals surface area contributed by atoms with Crippen LogP contribution < -0.4 is 4.90 Å². The Morgan fingerprint density at radius 1 is 1.44 bits per heavy atom. The van der Waals surface area contributed by atoms with Crippen LogP contribution in [-0.4, -0.2) is 23.9 Å². The van der Waals surface area contributed by atoms with Crippen molar-refractivity contribution in [3.05, 3.63) is 32.8 Å². The van der Waals surface area contributed by atoms with Gasteiger partial charge in [-0.25, -0.2) is 8.78 Å². The zero-order valence-electron chi connectivity index (χ0n) is 7.99. The minimum Gasteiger partial charge on any atom is -0.359 e. The van der Waals surface area contributed by atoms with Gasteiger partial charge in [0.25, 0.3) is 11.6 Å². The summed E-state index contributed by atoms with van der Waals surface area (Å²) in [7, 11) is 0. The molecule has 0 aromatic heterocycles. The number of anilines is 1. The Balaban J connectivity index is 2.20. The van der Waals surface area contributed by atoms with Crippen molar-refractivity contribution in [1.29, 1.82) is 0 Å². The molecule has 1 aromatic carbocycles. The quantitative estimate of drug-likeness (QED) is 0.622. The van der Waals surface area contributed by atoms with E-state index in [0.29, 0.717) is 10.2 Å². The molecule has 86 valence electrons. The second-order valence-electron chi connectivity index (χ2n) is 3.60. The maximum Gasteiger partial charge on any atom is 0.283 e. The molecular weight excluding hydrogens is 286 g/mol. The van der Waals surface area contributed by atoms with Crippen LogP contribution in [0, 0.1) is 10.1 Å². The summed E-state index contributed by atoms with van der Waals surface area (Å²) in [6.45, 7) is -0.672. The van der Waals surface area contributed by atoms with Crippen molar-refractivity contribution in [3.63, 3.8) is 0 Å². The Hall–Kier alpha value is -1.24. The normalized spacial score (nSPS) is 18.1. The van der Waals surface area contributed by atoms with Crippen LogP contribution in [0.3, 0.4) is 0 Å². The van der Waals surface area contributed by atoms with Gasteiger partial charge in [-0.3, -0.25) is 10.1 Å². The Kier molecular flexibility index (Phi) is 2.57. The number of hydrogen-bond donors (Lipinski definition) is 0. The van der Waals surface area contributed by atoms with Crippen molar-refractivity contribution in [3.8, 4) is 0 Å². The van der Waals surface area contributed by atoms with E-state index in [1.54, 1.807) is 0 Å². The van der Waals surface area contributed by atoms with Crippen molar-refractivity contribution in [2.75, 3.05) is 18.0 Å². The summed E-state index contributed by atoms with van der Waals surface area (Å²) in [4.78, 5) is 11.5. The largest absolute Gasteiger partial charge is 0.359 e. The zero-order chi connectivity index (χ0) is 11.9. The highest BCUT2D eigenvalue weighted by Crippen LogP contribution is 2.35. The predicted octanol–water partition coefficient (Wildman–Crippen LogP) is 2.81. The summed E-state index contributed by atoms with van der Waals surface area (Å²) >= 11 is 3.04. The number of nitrogens with zero attached hydrogens (tertiary/aromatic N) is 2. The first-order valence-electron chi connectivity index (χ1n) is 4.46. The molecule has 0 unspecified atom stereocenters. The first-order valence-corrected chi connectivity index (χ1v) is 5.25. The van der Waals surface area contributed by atoms with Crippen molar-refractivity contribution >= 4 is 27.3 Å². The van der Waals surface area contributed by atoms with Gasteiger partial charge in [0.1, 0.15) is 0 Å². The van der Waals surface area contributed by atoms with Crippen molar-refractivity contribution in [2.24, 2.45) is 0 Å². The predicted molar refractivity (Wildman–Crippen MR) is 58.0 cm³/mol. The molecule has 0 aliphatic carbocycles. The van der Waals surface area contributed by atoms with E-state index in [-0.39, 0.29) is 18.8 Å². The first kappa shape index (κ1) is 11.3. The smallest absolute Gasteiger partial charge is 0.283 e. The van der Waals surface area contributed by atoms with E-state index in [2.05, 4.69) is 15.9 Å². The molecule has 0 radical (unpaired) electrons. The van der Waals surface area contributed by atoms with Gasteiger partial charge in [-0.15, -0.1) is 0 Å². The second-order valence-corrected chi connectivity index (χ2v) is 4.46. The third-order valence-electron chi connectivity index (χ3n) is 2.34. The summed E-state index contributed by atoms with van der Waals surface area (Å²) in [5, 5.41) is 10.5. The highest BCUT2D eigenvalue weighted by molar-refractivity contribution is 9.10. The van der Waals surface area contributed by atoms with Crippen LogP contribution in [0.5, 0.6) is 0 Å². The summed E-state index contributed by atoms with van der Waals surface area (Å²) in [5.41, 5.74) is 0.486. The van der Waals surface area contributed by atoms with Crippen molar-refractivity contribution < 1.29 is 13.7 Å². The monoisotopic (exact) mass is 292 g/mol. The van der Waals surface area contributed by atoms with E-state index in [4.69, 9.17) is 0 Å². The fraction of sp³-hybridized carbons (Fsp3) is 0.333. The number of benzene rings is 1. The number of alkyl halides is 2. The minimum atomic E-state index is -2.64. The summed E-state index contributed by atoms with van der Waals surface area (Å²) < 4.78 is 25.5. The summed E-state index contributed by atoms with van der Waals surface area (Å²) in [5.74, 6) is -2.64. The molecule has 16 heavy (non-hydrogen) atoms. The third-order valence-corrected chi connectivity index (χ3v) is 2.97. The van der Waals surface area contributed by atoms with E-state index < -0.39 is 10.8 Å². The number of halogens is 3. The molecule has 0 bridgehead atoms. The molecule has 1 saturated heterocycles. The fourth-order valence-corrected chi connectivity index (χ4v) is 2.05. The topological polar surface area (TPSA) is 46.4 Å². The molecule has 0 spiro atoms. The lowest BCUT2D eigenvalue weighted by molar-refractivity contribution is -0.385. The Morgan fingerprint density at radius 3 is 2.50 bits per heavy atom. The molecule has 0 atom stereocenters. The zero-order valence-corrected chi connectivity index (χ0v) is 9.58. The molecule has 0 saturated carbocycles. The number of hydrogen-bond acceptors (Lipinski definition) is 3. The minimum absolute atomic E-state index is 0.0731. The van der Waals surface area contributed by atoms with E-state index in [1.165, 1.54) is 23.1 Å². The SMILES string of the molecule is O=[N+]([O-])c1ccc(N2CC(F)(F)C2)cc1Br. The molecule has 1 heterocycles. The number of nitro groups is 1. The molecule has 1 aromatic rings. The van der Waals surface area contributed by atoms with Gasteiger partial charge in [0.05, 0.1) is 22.5 Å². The van der Waals surface area contributed by atoms with E-state index in [9.17, 15) is 18.9 Å². The molecule has 2 rings (SSSR count). The maximum atomic E-state index is 12.6. The maximum absolute atomic E-state index is 12.6. The lowest BCUT2D eigenvalue weighted by Gasteiger charge is -2.40. The Bertz CT molecular complexity index is 445. The lowest BCUT2D eigenvalue weighted by atomic mass is 10.1. The Labute approximate surface area is 98.1 Å². The lowest BCUT2D eigenvalue weighted by Crippen LogP contribution is -2.56. The van der Waals surface area contributed by atoms with E-state index >= 15 is 0 Å². The molecule has 1 aliphatic heterocycles. The molecular formula is C9H7BrF2N2O2. The average Bonchev–Trinajstić information content (AvgIpc) is 2.13. The van der Waals surface area contributed by atoms with Crippen LogP contribution in [-0.2, 0) is 0 Å². The number of rotatable bonds is 2. The van der Waals surface area contributed by atoms with E-state index in [0.717, 1.165) is 0 Å². The first-order chi connectivity index (χ1) is 7.39. The van der Waals surface area contributed by atoms with Crippen LogP contribution in [0.4, 0.5) is 20.2 Å². The Morgan fingerprint density at radius 2 is 2.06 bits per heavy atom. The van der Waals surface area contributed by atoms with Crippen LogP contribution in [0.1, 0.15) is 0 Å². The van der Waals surface area contributed by atoms with Gasteiger partial charge in [-0.1, -0.05) is 0 Å². The van der Waals surface area contributed by atoms with Crippen LogP contribution in [0.15, 0.2) is 22.7 Å². The second kappa shape index (κ2) is 3.65. The average molecular weight is 293 g/mol. The summed E-state index contributed by atoms with van der Waals surface area (Å²) in [6, 6.07) is 4.25. The molecule has 0 amide bonds. The van der Waals surface area contributed by atoms with Crippen molar-refractivity contribution in [2.45, 2.75) is 5.92 Å². The van der Waals surface area contributed by atoms with Gasteiger partial charge in [0.2, 0.25) is 0 Å². The van der Waals surface area contributed by atoms with Crippen LogP contribution in [0.25, 0.3) is 0 Å². The third kappa shape index (κ3) is 1.99. The van der Waals surface area contributed by atoms with Gasteiger partial charge in [0.15, 0.2) is 0 Å². The molecule has 7 heteroatoms. The molecule has 1 fully saturated rings. The van der Waals surface area contributed by atoms with Gasteiger partial charge >= 0.3 is 0 Å². The molecule has 0 N–H and O–H groups in total. The highest BCUT2D eigenvalue weighted by Gasteiger charge is 2.44. The van der Waals surface area contributed by atoms with Crippen molar-refractivity contribution in [1.82, 2.24) is 0 Å². The standard InChI is InChI=1S/C9H7BrF2N2O2/c10-7-3-6(1-2-8(7)14(15)16)13-4-9(11,12)5-13/h1-3H,4-5H2. The van der Waals surface area contributed by atoms with Crippen LogP contribution in [0.2, 0.25) is 0 Å². The number of nitro benzene ring substituents is 1. The van der Waals surface area contributed by atoms with E-state index in [1.807, 2.05) is 0 Å².